The fraction of sp³-hybridized carbons (Fsp3) is 0.571. The van der Waals surface area contributed by atoms with Crippen LogP contribution in [0.25, 0.3) is 11.2 Å². The van der Waals surface area contributed by atoms with Crippen molar-refractivity contribution in [3.63, 3.8) is 0 Å². The molecule has 1 N–H and O–H groups in total. The van der Waals surface area contributed by atoms with Crippen molar-refractivity contribution >= 4 is 56.2 Å². The van der Waals surface area contributed by atoms with Gasteiger partial charge in [0.1, 0.15) is 36.5 Å². The van der Waals surface area contributed by atoms with Crippen molar-refractivity contribution in [2.24, 2.45) is 0 Å². The highest BCUT2D eigenvalue weighted by atomic mass is 32.7. The standard InChI is InChI=1S/C14H22N4O6P2S2/c1-20-9-25(27)22-3-2-18-13(17-10-4-15-8-16-14(10)18)7-23-26(28)24-12-6-21-5-11(12)19/h4,8-9,11-12,19,25,27-28H,2-3,5-7H2,1H3/t11-,12?,26?/m1/s1. The number of aliphatic hydroxyl groups excluding tert-OH is 1. The first kappa shape index (κ1) is 22.4. The van der Waals surface area contributed by atoms with Gasteiger partial charge in [-0.15, -0.1) is 12.2 Å². The lowest BCUT2D eigenvalue weighted by Crippen LogP contribution is -2.24. The smallest absolute Gasteiger partial charge is 0.235 e. The largest absolute Gasteiger partial charge is 0.388 e. The molecule has 0 aliphatic carbocycles. The van der Waals surface area contributed by atoms with E-state index in [9.17, 15) is 5.11 Å². The second-order valence-corrected chi connectivity index (χ2v) is 10.2. The van der Waals surface area contributed by atoms with E-state index in [0.29, 0.717) is 36.7 Å². The maximum Gasteiger partial charge on any atom is 0.235 e. The highest BCUT2D eigenvalue weighted by molar-refractivity contribution is 8.42. The maximum absolute atomic E-state index is 9.75. The van der Waals surface area contributed by atoms with E-state index in [2.05, 4.69) is 39.4 Å². The zero-order valence-electron chi connectivity index (χ0n) is 15.0. The molecule has 2 aromatic heterocycles. The summed E-state index contributed by atoms with van der Waals surface area (Å²) in [5, 5.41) is 9.75. The second-order valence-electron chi connectivity index (χ2n) is 5.71. The molecule has 4 atom stereocenters. The molecule has 0 amide bonds. The van der Waals surface area contributed by atoms with Gasteiger partial charge in [0.15, 0.2) is 5.65 Å². The Labute approximate surface area is 174 Å². The first-order valence-corrected chi connectivity index (χ1v) is 13.4. The Kier molecular flexibility index (Phi) is 8.98. The SMILES string of the molecule is CO/C=[PH](/S)OCCn1c(COP(S)OC2COC[C@H]2O)nc2cncnc21. The molecule has 1 aliphatic rings. The Morgan fingerprint density at radius 2 is 2.36 bits per heavy atom. The van der Waals surface area contributed by atoms with Crippen LogP contribution in [0.2, 0.25) is 0 Å². The average molecular weight is 468 g/mol. The zero-order chi connectivity index (χ0) is 19.9. The van der Waals surface area contributed by atoms with Gasteiger partial charge in [-0.1, -0.05) is 12.2 Å². The number of aromatic nitrogens is 4. The minimum Gasteiger partial charge on any atom is -0.388 e. The van der Waals surface area contributed by atoms with Crippen LogP contribution in [0.3, 0.4) is 0 Å². The topological polar surface area (TPSA) is 110 Å². The number of rotatable bonds is 10. The van der Waals surface area contributed by atoms with E-state index >= 15 is 0 Å². The van der Waals surface area contributed by atoms with Gasteiger partial charge in [-0.3, -0.25) is 0 Å². The molecule has 3 unspecified atom stereocenters. The summed E-state index contributed by atoms with van der Waals surface area (Å²) in [6.07, 6.45) is 2.00. The molecule has 1 fully saturated rings. The number of thiol groups is 2. The summed E-state index contributed by atoms with van der Waals surface area (Å²) in [5.74, 6) is 2.23. The minimum atomic E-state index is -1.51. The molecule has 3 heterocycles. The van der Waals surface area contributed by atoms with Crippen LogP contribution in [0.15, 0.2) is 12.5 Å². The molecule has 0 aromatic carbocycles. The van der Waals surface area contributed by atoms with Crippen molar-refractivity contribution in [2.45, 2.75) is 25.4 Å². The van der Waals surface area contributed by atoms with Gasteiger partial charge in [0, 0.05) is 13.7 Å². The third kappa shape index (κ3) is 6.12. The zero-order valence-corrected chi connectivity index (χ0v) is 18.7. The van der Waals surface area contributed by atoms with Crippen LogP contribution in [-0.4, -0.2) is 69.7 Å². The summed E-state index contributed by atoms with van der Waals surface area (Å²) in [7, 11) is 0.0573. The molecule has 0 saturated carbocycles. The van der Waals surface area contributed by atoms with E-state index in [1.165, 1.54) is 6.33 Å². The summed E-state index contributed by atoms with van der Waals surface area (Å²) in [5.41, 5.74) is 1.34. The van der Waals surface area contributed by atoms with E-state index in [1.807, 2.05) is 4.57 Å². The third-order valence-electron chi connectivity index (χ3n) is 3.80. The average Bonchev–Trinajstić information content (AvgIpc) is 3.24. The summed E-state index contributed by atoms with van der Waals surface area (Å²) >= 11 is 8.67. The predicted octanol–water partition coefficient (Wildman–Crippen LogP) is 1.67. The van der Waals surface area contributed by atoms with Crippen molar-refractivity contribution in [1.29, 1.82) is 0 Å². The van der Waals surface area contributed by atoms with Crippen LogP contribution >= 0.6 is 39.0 Å². The third-order valence-corrected chi connectivity index (χ3v) is 6.87. The molecular weight excluding hydrogens is 446 g/mol. The molecular formula is C14H22N4O6P2S2. The summed E-state index contributed by atoms with van der Waals surface area (Å²) in [6, 6.07) is 0. The van der Waals surface area contributed by atoms with Gasteiger partial charge in [-0.05, 0) is 0 Å². The molecule has 0 spiro atoms. The van der Waals surface area contributed by atoms with Crippen molar-refractivity contribution in [1.82, 2.24) is 19.5 Å². The predicted molar refractivity (Wildman–Crippen MR) is 114 cm³/mol. The van der Waals surface area contributed by atoms with Crippen LogP contribution in [0.5, 0.6) is 0 Å². The quantitative estimate of drug-likeness (QED) is 0.354. The number of ether oxygens (including phenoxy) is 2. The van der Waals surface area contributed by atoms with Crippen molar-refractivity contribution < 1.29 is 28.2 Å². The van der Waals surface area contributed by atoms with Crippen LogP contribution in [0.4, 0.5) is 0 Å². The van der Waals surface area contributed by atoms with E-state index in [4.69, 9.17) is 23.0 Å². The highest BCUT2D eigenvalue weighted by Crippen LogP contribution is 2.46. The molecule has 156 valence electrons. The van der Waals surface area contributed by atoms with Crippen LogP contribution < -0.4 is 0 Å². The summed E-state index contributed by atoms with van der Waals surface area (Å²) in [4.78, 5) is 12.8. The molecule has 14 heteroatoms. The second kappa shape index (κ2) is 11.2. The number of hydrogen-bond donors (Lipinski definition) is 3. The minimum absolute atomic E-state index is 0.165. The van der Waals surface area contributed by atoms with Gasteiger partial charge >= 0.3 is 0 Å². The van der Waals surface area contributed by atoms with Crippen molar-refractivity contribution in [3.05, 3.63) is 18.3 Å². The normalized spacial score (nSPS) is 22.1. The monoisotopic (exact) mass is 468 g/mol. The Hall–Kier alpha value is -0.260. The lowest BCUT2D eigenvalue weighted by atomic mass is 10.3. The number of fused-ring (bicyclic) bond motifs is 1. The molecule has 0 radical (unpaired) electrons. The van der Waals surface area contributed by atoms with Gasteiger partial charge in [0.25, 0.3) is 0 Å². The molecule has 10 nitrogen and oxygen atoms in total. The number of hydrogen-bond acceptors (Lipinski definition) is 11. The first-order valence-electron chi connectivity index (χ1n) is 8.33. The number of aliphatic hydroxyl groups is 1. The van der Waals surface area contributed by atoms with Gasteiger partial charge in [0.2, 0.25) is 7.58 Å². The van der Waals surface area contributed by atoms with Gasteiger partial charge < -0.3 is 32.7 Å². The molecule has 1 saturated heterocycles. The van der Waals surface area contributed by atoms with Gasteiger partial charge in [-0.2, -0.15) is 0 Å². The first-order chi connectivity index (χ1) is 13.6. The lowest BCUT2D eigenvalue weighted by molar-refractivity contribution is 0.0718. The Morgan fingerprint density at radius 1 is 1.50 bits per heavy atom. The Balaban J connectivity index is 1.63. The number of nitrogens with zero attached hydrogens (tertiary/aromatic N) is 4. The fourth-order valence-corrected chi connectivity index (χ4v) is 4.95. The van der Waals surface area contributed by atoms with Crippen LogP contribution in [0.1, 0.15) is 5.82 Å². The van der Waals surface area contributed by atoms with E-state index in [1.54, 1.807) is 19.3 Å². The van der Waals surface area contributed by atoms with Crippen molar-refractivity contribution in [3.8, 4) is 0 Å². The van der Waals surface area contributed by atoms with Crippen molar-refractivity contribution in [2.75, 3.05) is 26.9 Å². The molecule has 0 bridgehead atoms. The van der Waals surface area contributed by atoms with E-state index in [-0.39, 0.29) is 13.2 Å². The van der Waals surface area contributed by atoms with Crippen LogP contribution in [0, 0.1) is 0 Å². The Morgan fingerprint density at radius 3 is 3.11 bits per heavy atom. The molecule has 1 aliphatic heterocycles. The number of imidazole rings is 1. The summed E-state index contributed by atoms with van der Waals surface area (Å²) in [6.45, 7) is 0.251. The molecule has 3 rings (SSSR count). The molecule has 2 aromatic rings. The fourth-order valence-electron chi connectivity index (χ4n) is 2.53. The lowest BCUT2D eigenvalue weighted by Gasteiger charge is -2.18. The van der Waals surface area contributed by atoms with E-state index in [0.717, 1.165) is 0 Å². The van der Waals surface area contributed by atoms with Gasteiger partial charge in [-0.25, -0.2) is 15.0 Å². The summed E-state index contributed by atoms with van der Waals surface area (Å²) < 4.78 is 29.0. The van der Waals surface area contributed by atoms with Crippen LogP contribution in [-0.2, 0) is 36.2 Å². The highest BCUT2D eigenvalue weighted by Gasteiger charge is 2.29. The maximum atomic E-state index is 9.75. The van der Waals surface area contributed by atoms with E-state index < -0.39 is 26.8 Å². The molecule has 28 heavy (non-hydrogen) atoms. The number of methoxy groups -OCH3 is 1. The Bertz CT molecular complexity index is 813. The van der Waals surface area contributed by atoms with Gasteiger partial charge in [0.05, 0.1) is 39.0 Å².